The summed E-state index contributed by atoms with van der Waals surface area (Å²) in [7, 11) is 0. The van der Waals surface area contributed by atoms with Crippen molar-refractivity contribution in [1.29, 1.82) is 0 Å². The second-order valence-corrected chi connectivity index (χ2v) is 5.52. The summed E-state index contributed by atoms with van der Waals surface area (Å²) in [6.45, 7) is 6.84. The van der Waals surface area contributed by atoms with Gasteiger partial charge in [0.05, 0.1) is 0 Å². The van der Waals surface area contributed by atoms with Gasteiger partial charge >= 0.3 is 0 Å². The van der Waals surface area contributed by atoms with Crippen LogP contribution in [0.25, 0.3) is 5.65 Å². The fraction of sp³-hybridized carbons (Fsp3) is 0.643. The van der Waals surface area contributed by atoms with Crippen LogP contribution in [0, 0.1) is 5.41 Å². The van der Waals surface area contributed by atoms with Crippen LogP contribution >= 0.6 is 0 Å². The number of rotatable bonds is 3. The van der Waals surface area contributed by atoms with Gasteiger partial charge in [0.15, 0.2) is 5.65 Å². The van der Waals surface area contributed by atoms with E-state index >= 15 is 0 Å². The van der Waals surface area contributed by atoms with Gasteiger partial charge in [-0.1, -0.05) is 26.7 Å². The Morgan fingerprint density at radius 3 is 2.58 bits per heavy atom. The van der Waals surface area contributed by atoms with Crippen molar-refractivity contribution in [2.24, 2.45) is 5.41 Å². The SMILES string of the molecule is CCC1(CC)CCN(c2ccc3nncn3n2)CC1. The maximum atomic E-state index is 4.58. The Bertz CT molecular complexity index is 548. The lowest BCUT2D eigenvalue weighted by molar-refractivity contribution is 0.199. The molecule has 5 heteroatoms. The van der Waals surface area contributed by atoms with E-state index in [9.17, 15) is 0 Å². The van der Waals surface area contributed by atoms with E-state index in [2.05, 4.69) is 40.1 Å². The molecule has 0 atom stereocenters. The van der Waals surface area contributed by atoms with Crippen LogP contribution in [0.15, 0.2) is 18.5 Å². The quantitative estimate of drug-likeness (QED) is 0.849. The fourth-order valence-corrected chi connectivity index (χ4v) is 3.05. The predicted molar refractivity (Wildman–Crippen MR) is 75.2 cm³/mol. The van der Waals surface area contributed by atoms with Crippen LogP contribution < -0.4 is 4.90 Å². The Labute approximate surface area is 113 Å². The molecule has 1 saturated heterocycles. The standard InChI is InChI=1S/C14H21N5/c1-3-14(4-2)7-9-18(10-8-14)13-6-5-12-16-15-11-19(12)17-13/h5-6,11H,3-4,7-10H2,1-2H3. The zero-order chi connectivity index (χ0) is 13.3. The van der Waals surface area contributed by atoms with Crippen LogP contribution in [0.3, 0.4) is 0 Å². The van der Waals surface area contributed by atoms with Crippen LogP contribution in [-0.2, 0) is 0 Å². The molecule has 19 heavy (non-hydrogen) atoms. The monoisotopic (exact) mass is 259 g/mol. The highest BCUT2D eigenvalue weighted by molar-refractivity contribution is 5.45. The van der Waals surface area contributed by atoms with Gasteiger partial charge in [-0.05, 0) is 30.4 Å². The molecule has 2 aromatic heterocycles. The highest BCUT2D eigenvalue weighted by Crippen LogP contribution is 2.38. The molecule has 5 nitrogen and oxygen atoms in total. The molecule has 1 fully saturated rings. The van der Waals surface area contributed by atoms with E-state index < -0.39 is 0 Å². The smallest absolute Gasteiger partial charge is 0.177 e. The topological polar surface area (TPSA) is 46.3 Å². The average Bonchev–Trinajstić information content (AvgIpc) is 2.95. The van der Waals surface area contributed by atoms with Crippen LogP contribution in [0.2, 0.25) is 0 Å². The second-order valence-electron chi connectivity index (χ2n) is 5.52. The molecule has 102 valence electrons. The molecular formula is C14H21N5. The van der Waals surface area contributed by atoms with Gasteiger partial charge in [0, 0.05) is 13.1 Å². The molecule has 3 heterocycles. The van der Waals surface area contributed by atoms with Gasteiger partial charge in [0.25, 0.3) is 0 Å². The number of fused-ring (bicyclic) bond motifs is 1. The van der Waals surface area contributed by atoms with E-state index in [-0.39, 0.29) is 0 Å². The maximum Gasteiger partial charge on any atom is 0.177 e. The highest BCUT2D eigenvalue weighted by Gasteiger charge is 2.31. The molecule has 0 spiro atoms. The van der Waals surface area contributed by atoms with Crippen molar-refractivity contribution >= 4 is 11.5 Å². The van der Waals surface area contributed by atoms with Crippen LogP contribution in [0.4, 0.5) is 5.82 Å². The van der Waals surface area contributed by atoms with Crippen molar-refractivity contribution in [1.82, 2.24) is 19.8 Å². The first kappa shape index (κ1) is 12.4. The van der Waals surface area contributed by atoms with Gasteiger partial charge in [-0.3, -0.25) is 0 Å². The molecule has 0 N–H and O–H groups in total. The van der Waals surface area contributed by atoms with Gasteiger partial charge in [-0.25, -0.2) is 0 Å². The minimum atomic E-state index is 0.553. The fourth-order valence-electron chi connectivity index (χ4n) is 3.05. The molecule has 2 aromatic rings. The number of nitrogens with zero attached hydrogens (tertiary/aromatic N) is 5. The summed E-state index contributed by atoms with van der Waals surface area (Å²) in [5.41, 5.74) is 1.36. The molecule has 0 unspecified atom stereocenters. The zero-order valence-electron chi connectivity index (χ0n) is 11.7. The Morgan fingerprint density at radius 2 is 1.89 bits per heavy atom. The molecule has 3 rings (SSSR count). The van der Waals surface area contributed by atoms with E-state index in [0.717, 1.165) is 24.6 Å². The van der Waals surface area contributed by atoms with Gasteiger partial charge in [-0.15, -0.1) is 15.3 Å². The van der Waals surface area contributed by atoms with Gasteiger partial charge in [-0.2, -0.15) is 4.52 Å². The van der Waals surface area contributed by atoms with Gasteiger partial charge in [0.1, 0.15) is 12.1 Å². The lowest BCUT2D eigenvalue weighted by atomic mass is 9.74. The van der Waals surface area contributed by atoms with Crippen molar-refractivity contribution in [3.63, 3.8) is 0 Å². The summed E-state index contributed by atoms with van der Waals surface area (Å²) in [5.74, 6) is 1.04. The predicted octanol–water partition coefficient (Wildman–Crippen LogP) is 2.53. The van der Waals surface area contributed by atoms with Gasteiger partial charge in [0.2, 0.25) is 0 Å². The van der Waals surface area contributed by atoms with E-state index in [1.807, 2.05) is 6.07 Å². The largest absolute Gasteiger partial charge is 0.355 e. The molecule has 1 aliphatic rings. The molecule has 1 aliphatic heterocycles. The van der Waals surface area contributed by atoms with E-state index in [4.69, 9.17) is 0 Å². The number of anilines is 1. The minimum absolute atomic E-state index is 0.553. The Balaban J connectivity index is 1.77. The van der Waals surface area contributed by atoms with Crippen molar-refractivity contribution in [2.75, 3.05) is 18.0 Å². The van der Waals surface area contributed by atoms with Crippen molar-refractivity contribution in [3.05, 3.63) is 18.5 Å². The number of aromatic nitrogens is 4. The summed E-state index contributed by atoms with van der Waals surface area (Å²) < 4.78 is 1.75. The summed E-state index contributed by atoms with van der Waals surface area (Å²) in [6, 6.07) is 4.03. The first-order valence-corrected chi connectivity index (χ1v) is 7.18. The molecule has 0 aliphatic carbocycles. The Morgan fingerprint density at radius 1 is 1.16 bits per heavy atom. The van der Waals surface area contributed by atoms with E-state index in [1.165, 1.54) is 25.7 Å². The summed E-state index contributed by atoms with van der Waals surface area (Å²) in [6.07, 6.45) is 6.76. The Kier molecular flexibility index (Phi) is 3.12. The summed E-state index contributed by atoms with van der Waals surface area (Å²) in [4.78, 5) is 2.38. The third-order valence-corrected chi connectivity index (χ3v) is 4.80. The van der Waals surface area contributed by atoms with Crippen LogP contribution in [0.1, 0.15) is 39.5 Å². The number of piperidine rings is 1. The molecule has 0 amide bonds. The molecule has 0 aromatic carbocycles. The maximum absolute atomic E-state index is 4.58. The average molecular weight is 259 g/mol. The minimum Gasteiger partial charge on any atom is -0.355 e. The van der Waals surface area contributed by atoms with E-state index in [0.29, 0.717) is 5.41 Å². The lowest BCUT2D eigenvalue weighted by Crippen LogP contribution is -2.40. The first-order valence-electron chi connectivity index (χ1n) is 7.18. The summed E-state index contributed by atoms with van der Waals surface area (Å²) in [5, 5.41) is 12.4. The van der Waals surface area contributed by atoms with Crippen molar-refractivity contribution in [3.8, 4) is 0 Å². The van der Waals surface area contributed by atoms with E-state index in [1.54, 1.807) is 10.8 Å². The number of hydrogen-bond donors (Lipinski definition) is 0. The second kappa shape index (κ2) is 4.79. The molecule has 0 bridgehead atoms. The molecule has 0 saturated carbocycles. The zero-order valence-corrected chi connectivity index (χ0v) is 11.7. The number of hydrogen-bond acceptors (Lipinski definition) is 4. The van der Waals surface area contributed by atoms with Crippen molar-refractivity contribution < 1.29 is 0 Å². The normalized spacial score (nSPS) is 18.9. The summed E-state index contributed by atoms with van der Waals surface area (Å²) >= 11 is 0. The van der Waals surface area contributed by atoms with Crippen LogP contribution in [0.5, 0.6) is 0 Å². The molecule has 0 radical (unpaired) electrons. The highest BCUT2D eigenvalue weighted by atomic mass is 15.4. The van der Waals surface area contributed by atoms with Crippen LogP contribution in [-0.4, -0.2) is 32.9 Å². The Hall–Kier alpha value is -1.65. The van der Waals surface area contributed by atoms with Crippen molar-refractivity contribution in [2.45, 2.75) is 39.5 Å². The first-order chi connectivity index (χ1) is 9.26. The van der Waals surface area contributed by atoms with Gasteiger partial charge < -0.3 is 4.90 Å². The lowest BCUT2D eigenvalue weighted by Gasteiger charge is -2.41. The third-order valence-electron chi connectivity index (χ3n) is 4.80. The molecular weight excluding hydrogens is 238 g/mol. The third kappa shape index (κ3) is 2.17.